The fraction of sp³-hybridized carbons (Fsp3) is 0.432. The Labute approximate surface area is 263 Å². The number of likely N-dealkylation sites (N-methyl/N-ethyl adjacent to an activating group) is 1. The second-order valence-corrected chi connectivity index (χ2v) is 8.35. The Morgan fingerprint density at radius 1 is 1.02 bits per heavy atom. The van der Waals surface area contributed by atoms with Gasteiger partial charge in [-0.15, -0.1) is 0 Å². The lowest BCUT2D eigenvalue weighted by atomic mass is 10.0. The average Bonchev–Trinajstić information content (AvgIpc) is 3.43. The Hall–Kier alpha value is -3.61. The molecule has 6 heteroatoms. The minimum absolute atomic E-state index is 0.0584. The highest BCUT2D eigenvalue weighted by atomic mass is 16.5. The molecule has 43 heavy (non-hydrogen) atoms. The summed E-state index contributed by atoms with van der Waals surface area (Å²) in [6, 6.07) is 5.81. The standard InChI is InChI=1S/C31H41N3O3.3C2H6/c1-7-11-13-15-25(5)37-22-20-32-19-21-33(10-4)24-34-23-28(31(35)26(9-3)16-12-8-2)27-17-14-18-29(36-6)30(27)34;3*1-2/h7-9,11-18,23,32H,3,5,10,19-22,24H2,1-2,4,6H3;3*1-2H3/b11-7-,12-8-,15-13-,26-16+;;;. The maximum Gasteiger partial charge on any atom is 0.195 e. The molecule has 1 aromatic carbocycles. The monoisotopic (exact) mass is 593 g/mol. The fourth-order valence-electron chi connectivity index (χ4n) is 3.86. The van der Waals surface area contributed by atoms with E-state index in [0.29, 0.717) is 30.2 Å². The molecule has 2 aromatic rings. The van der Waals surface area contributed by atoms with Crippen LogP contribution in [0.1, 0.15) is 72.7 Å². The van der Waals surface area contributed by atoms with E-state index >= 15 is 0 Å². The van der Waals surface area contributed by atoms with Gasteiger partial charge in [0.05, 0.1) is 19.3 Å². The molecule has 1 N–H and O–H groups in total. The zero-order valence-corrected chi connectivity index (χ0v) is 28.7. The number of carbonyl (C=O) groups is 1. The van der Waals surface area contributed by atoms with Crippen molar-refractivity contribution in [2.75, 3.05) is 39.9 Å². The number of para-hydroxylation sites is 1. The normalized spacial score (nSPS) is 11.1. The van der Waals surface area contributed by atoms with Gasteiger partial charge in [0.1, 0.15) is 18.1 Å². The van der Waals surface area contributed by atoms with E-state index in [9.17, 15) is 4.79 Å². The molecule has 1 aromatic heterocycles. The van der Waals surface area contributed by atoms with E-state index in [2.05, 4.69) is 34.9 Å². The average molecular weight is 594 g/mol. The summed E-state index contributed by atoms with van der Waals surface area (Å²) in [6.07, 6.45) is 16.7. The van der Waals surface area contributed by atoms with Crippen molar-refractivity contribution in [2.24, 2.45) is 0 Å². The Balaban J connectivity index is 0. The number of hydrogen-bond donors (Lipinski definition) is 1. The predicted octanol–water partition coefficient (Wildman–Crippen LogP) is 9.13. The lowest BCUT2D eigenvalue weighted by Crippen LogP contribution is -2.34. The van der Waals surface area contributed by atoms with Crippen molar-refractivity contribution >= 4 is 16.7 Å². The molecular formula is C37H59N3O3. The summed E-state index contributed by atoms with van der Waals surface area (Å²) >= 11 is 0. The molecule has 0 bridgehead atoms. The quantitative estimate of drug-likeness (QED) is 0.0652. The summed E-state index contributed by atoms with van der Waals surface area (Å²) in [7, 11) is 1.66. The molecule has 0 saturated carbocycles. The molecule has 0 amide bonds. The number of fused-ring (bicyclic) bond motifs is 1. The van der Waals surface area contributed by atoms with Crippen molar-refractivity contribution in [2.45, 2.75) is 69.0 Å². The predicted molar refractivity (Wildman–Crippen MR) is 189 cm³/mol. The maximum absolute atomic E-state index is 13.4. The lowest BCUT2D eigenvalue weighted by Gasteiger charge is -2.22. The van der Waals surface area contributed by atoms with Crippen LogP contribution in [0.25, 0.3) is 10.9 Å². The Morgan fingerprint density at radius 2 is 1.70 bits per heavy atom. The summed E-state index contributed by atoms with van der Waals surface area (Å²) in [5.41, 5.74) is 2.10. The third-order valence-electron chi connectivity index (χ3n) is 5.83. The first kappa shape index (κ1) is 41.5. The second-order valence-electron chi connectivity index (χ2n) is 8.35. The maximum atomic E-state index is 13.4. The highest BCUT2D eigenvalue weighted by Crippen LogP contribution is 2.31. The number of allylic oxidation sites excluding steroid dienone is 9. The molecule has 0 radical (unpaired) electrons. The molecule has 0 unspecified atom stereocenters. The number of carbonyl (C=O) groups excluding carboxylic acids is 1. The molecule has 0 fully saturated rings. The van der Waals surface area contributed by atoms with E-state index in [1.807, 2.05) is 116 Å². The van der Waals surface area contributed by atoms with Crippen LogP contribution in [0.5, 0.6) is 5.75 Å². The Bertz CT molecular complexity index is 1170. The zero-order chi connectivity index (χ0) is 33.0. The first-order chi connectivity index (χ1) is 21.0. The van der Waals surface area contributed by atoms with Gasteiger partial charge in [-0.2, -0.15) is 0 Å². The molecule has 1 heterocycles. The van der Waals surface area contributed by atoms with E-state index in [-0.39, 0.29) is 5.78 Å². The van der Waals surface area contributed by atoms with Gasteiger partial charge in [-0.05, 0) is 32.5 Å². The smallest absolute Gasteiger partial charge is 0.195 e. The van der Waals surface area contributed by atoms with Crippen molar-refractivity contribution in [1.82, 2.24) is 14.8 Å². The number of ketones is 1. The molecule has 0 atom stereocenters. The van der Waals surface area contributed by atoms with Crippen molar-refractivity contribution in [3.8, 4) is 5.75 Å². The van der Waals surface area contributed by atoms with Crippen LogP contribution in [-0.4, -0.2) is 55.1 Å². The van der Waals surface area contributed by atoms with Crippen molar-refractivity contribution in [3.05, 3.63) is 103 Å². The van der Waals surface area contributed by atoms with Crippen molar-refractivity contribution in [3.63, 3.8) is 0 Å². The van der Waals surface area contributed by atoms with E-state index < -0.39 is 0 Å². The van der Waals surface area contributed by atoms with Crippen molar-refractivity contribution in [1.29, 1.82) is 0 Å². The van der Waals surface area contributed by atoms with Gasteiger partial charge in [-0.1, -0.05) is 116 Å². The Kier molecular flexibility index (Phi) is 26.3. The van der Waals surface area contributed by atoms with Crippen LogP contribution in [0.4, 0.5) is 0 Å². The molecule has 0 aliphatic rings. The number of nitrogens with zero attached hydrogens (tertiary/aromatic N) is 2. The van der Waals surface area contributed by atoms with E-state index in [1.165, 1.54) is 0 Å². The second kappa shape index (κ2) is 27.2. The van der Waals surface area contributed by atoms with Crippen LogP contribution >= 0.6 is 0 Å². The summed E-state index contributed by atoms with van der Waals surface area (Å²) in [5.74, 6) is 1.33. The summed E-state index contributed by atoms with van der Waals surface area (Å²) in [6.45, 7) is 30.2. The van der Waals surface area contributed by atoms with Gasteiger partial charge in [0.25, 0.3) is 0 Å². The van der Waals surface area contributed by atoms with Crippen LogP contribution < -0.4 is 10.1 Å². The summed E-state index contributed by atoms with van der Waals surface area (Å²) in [5, 5.41) is 4.29. The van der Waals surface area contributed by atoms with Gasteiger partial charge in [0.15, 0.2) is 5.78 Å². The highest BCUT2D eigenvalue weighted by Gasteiger charge is 2.20. The number of aromatic nitrogens is 1. The minimum Gasteiger partial charge on any atom is -0.495 e. The number of nitrogens with one attached hydrogen (secondary N) is 1. The molecular weight excluding hydrogens is 534 g/mol. The van der Waals surface area contributed by atoms with E-state index in [0.717, 1.165) is 42.8 Å². The number of rotatable bonds is 17. The first-order valence-electron chi connectivity index (χ1n) is 15.7. The first-order valence-corrected chi connectivity index (χ1v) is 15.7. The largest absolute Gasteiger partial charge is 0.495 e. The minimum atomic E-state index is -0.0584. The van der Waals surface area contributed by atoms with Crippen LogP contribution in [0.15, 0.2) is 97.5 Å². The van der Waals surface area contributed by atoms with Crippen LogP contribution in [0, 0.1) is 0 Å². The van der Waals surface area contributed by atoms with E-state index in [4.69, 9.17) is 9.47 Å². The lowest BCUT2D eigenvalue weighted by molar-refractivity contribution is 0.103. The fourth-order valence-corrected chi connectivity index (χ4v) is 3.86. The molecule has 0 aliphatic carbocycles. The van der Waals surface area contributed by atoms with Gasteiger partial charge in [-0.25, -0.2) is 0 Å². The number of Topliss-reactive ketones (excluding diaryl/α,β-unsaturated/α-hetero) is 1. The number of ether oxygens (including phenoxy) is 2. The van der Waals surface area contributed by atoms with E-state index in [1.54, 1.807) is 19.3 Å². The Morgan fingerprint density at radius 3 is 2.28 bits per heavy atom. The van der Waals surface area contributed by atoms with Crippen molar-refractivity contribution < 1.29 is 14.3 Å². The summed E-state index contributed by atoms with van der Waals surface area (Å²) in [4.78, 5) is 15.7. The van der Waals surface area contributed by atoms with Gasteiger partial charge >= 0.3 is 0 Å². The molecule has 0 aliphatic heterocycles. The van der Waals surface area contributed by atoms with Gasteiger partial charge in [0, 0.05) is 42.4 Å². The summed E-state index contributed by atoms with van der Waals surface area (Å²) < 4.78 is 13.4. The van der Waals surface area contributed by atoms with Crippen LogP contribution in [0.3, 0.4) is 0 Å². The van der Waals surface area contributed by atoms with Crippen LogP contribution in [-0.2, 0) is 11.4 Å². The molecule has 0 spiro atoms. The molecule has 240 valence electrons. The van der Waals surface area contributed by atoms with Gasteiger partial charge in [0.2, 0.25) is 0 Å². The number of hydrogen-bond acceptors (Lipinski definition) is 5. The number of benzene rings is 1. The highest BCUT2D eigenvalue weighted by molar-refractivity contribution is 6.18. The molecule has 0 saturated heterocycles. The molecule has 6 nitrogen and oxygen atoms in total. The molecule has 2 rings (SSSR count). The third-order valence-corrected chi connectivity index (χ3v) is 5.83. The topological polar surface area (TPSA) is 55.7 Å². The SMILES string of the molecule is C=C/C(=C\C=C/C)C(=O)c1cn(CN(CC)CCNCCOC(=C)/C=C\C=C/C)c2c(OC)cccc12.CC.CC.CC. The van der Waals surface area contributed by atoms with Gasteiger partial charge in [-0.3, -0.25) is 9.69 Å². The van der Waals surface area contributed by atoms with Crippen LogP contribution in [0.2, 0.25) is 0 Å². The third kappa shape index (κ3) is 14.9. The van der Waals surface area contributed by atoms with Gasteiger partial charge < -0.3 is 19.4 Å². The zero-order valence-electron chi connectivity index (χ0n) is 28.7. The number of methoxy groups -OCH3 is 1.